The van der Waals surface area contributed by atoms with E-state index < -0.39 is 17.5 Å². The molecule has 10 nitrogen and oxygen atoms in total. The zero-order valence-electron chi connectivity index (χ0n) is 22.9. The fourth-order valence-electron chi connectivity index (χ4n) is 5.97. The molecule has 0 bridgehead atoms. The summed E-state index contributed by atoms with van der Waals surface area (Å²) in [4.78, 5) is 43.3. The van der Waals surface area contributed by atoms with E-state index in [-0.39, 0.29) is 30.9 Å². The Balaban J connectivity index is 1.38. The number of amides is 2. The van der Waals surface area contributed by atoms with Crippen molar-refractivity contribution < 1.29 is 23.9 Å². The molecule has 5 rings (SSSR count). The predicted molar refractivity (Wildman–Crippen MR) is 147 cm³/mol. The van der Waals surface area contributed by atoms with Gasteiger partial charge in [-0.1, -0.05) is 56.0 Å². The molecule has 1 aliphatic heterocycles. The van der Waals surface area contributed by atoms with Crippen LogP contribution in [0.2, 0.25) is 0 Å². The van der Waals surface area contributed by atoms with Gasteiger partial charge in [-0.3, -0.25) is 9.59 Å². The molecule has 1 unspecified atom stereocenters. The fourth-order valence-corrected chi connectivity index (χ4v) is 5.97. The molecule has 1 saturated heterocycles. The summed E-state index contributed by atoms with van der Waals surface area (Å²) < 4.78 is 12.2. The van der Waals surface area contributed by atoms with Crippen LogP contribution in [0, 0.1) is 11.3 Å². The number of carbonyl (C=O) groups excluding carboxylic acids is 3. The van der Waals surface area contributed by atoms with Crippen molar-refractivity contribution in [1.82, 2.24) is 25.2 Å². The Morgan fingerprint density at radius 1 is 1.10 bits per heavy atom. The van der Waals surface area contributed by atoms with Gasteiger partial charge in [0.15, 0.2) is 11.1 Å². The molecule has 40 heavy (non-hydrogen) atoms. The fraction of sp³-hybridized carbons (Fsp3) is 0.500. The average molecular weight is 548 g/mol. The maximum Gasteiger partial charge on any atom is 0.408 e. The van der Waals surface area contributed by atoms with E-state index in [9.17, 15) is 14.4 Å². The third kappa shape index (κ3) is 6.11. The highest BCUT2D eigenvalue weighted by atomic mass is 16.5. The number of piperidine rings is 1. The number of methoxy groups -OCH3 is 1. The Morgan fingerprint density at radius 3 is 2.60 bits per heavy atom. The largest absolute Gasteiger partial charge is 0.468 e. The summed E-state index contributed by atoms with van der Waals surface area (Å²) >= 11 is 0. The molecule has 2 fully saturated rings. The maximum absolute atomic E-state index is 12.9. The lowest BCUT2D eigenvalue weighted by Gasteiger charge is -2.33. The number of benzene rings is 1. The monoisotopic (exact) mass is 547 g/mol. The average Bonchev–Trinajstić information content (AvgIpc) is 3.20. The normalized spacial score (nSPS) is 20.8. The topological polar surface area (TPSA) is 124 Å². The summed E-state index contributed by atoms with van der Waals surface area (Å²) in [5.74, 6) is -0.653. The summed E-state index contributed by atoms with van der Waals surface area (Å²) in [5, 5.41) is 10.6. The van der Waals surface area contributed by atoms with Gasteiger partial charge in [0.2, 0.25) is 5.91 Å². The van der Waals surface area contributed by atoms with Crippen molar-refractivity contribution >= 4 is 23.6 Å². The van der Waals surface area contributed by atoms with E-state index >= 15 is 0 Å². The lowest BCUT2D eigenvalue weighted by Crippen LogP contribution is -2.52. The van der Waals surface area contributed by atoms with E-state index in [2.05, 4.69) is 10.6 Å². The Kier molecular flexibility index (Phi) is 8.62. The summed E-state index contributed by atoms with van der Waals surface area (Å²) in [6, 6.07) is 12.9. The minimum atomic E-state index is -1.30. The molecule has 10 heteroatoms. The number of nitrogens with one attached hydrogen (secondary N) is 2. The van der Waals surface area contributed by atoms with E-state index in [1.54, 1.807) is 10.6 Å². The van der Waals surface area contributed by atoms with Crippen molar-refractivity contribution in [3.8, 4) is 0 Å². The van der Waals surface area contributed by atoms with E-state index in [1.165, 1.54) is 20.0 Å². The van der Waals surface area contributed by atoms with E-state index in [0.717, 1.165) is 31.2 Å². The van der Waals surface area contributed by atoms with Gasteiger partial charge in [0.05, 0.1) is 30.7 Å². The Morgan fingerprint density at radius 2 is 1.88 bits per heavy atom. The number of alkyl carbamates (subject to hydrolysis) is 1. The molecular formula is C30H37N5O5. The standard InChI is InChI=1S/C30H37N5O5/c1-39-28(37)30(16-9-17-31-27(30)36)18-23-14-15-25-32-24(19-35(25)34-23)26(22-12-7-2-3-8-13-22)33-29(38)40-20-21-10-5-4-6-11-21/h4-6,10-11,14-15,19,22,26H,2-3,7-9,12-13,16-18,20H2,1H3,(H,31,36)(H,33,38)/t26-,30?/m0/s1. The number of imidazole rings is 1. The summed E-state index contributed by atoms with van der Waals surface area (Å²) in [5.41, 5.74) is 1.54. The van der Waals surface area contributed by atoms with Gasteiger partial charge >= 0.3 is 12.1 Å². The number of hydrogen-bond acceptors (Lipinski definition) is 7. The van der Waals surface area contributed by atoms with Gasteiger partial charge in [-0.2, -0.15) is 5.10 Å². The first-order valence-electron chi connectivity index (χ1n) is 14.2. The van der Waals surface area contributed by atoms with Crippen LogP contribution in [0.1, 0.15) is 74.4 Å². The van der Waals surface area contributed by atoms with Crippen LogP contribution in [0.4, 0.5) is 4.79 Å². The molecule has 2 aromatic heterocycles. The summed E-state index contributed by atoms with van der Waals surface area (Å²) in [6.07, 6.45) is 9.15. The second-order valence-corrected chi connectivity index (χ2v) is 10.8. The zero-order valence-corrected chi connectivity index (χ0v) is 22.9. The van der Waals surface area contributed by atoms with Gasteiger partial charge in [-0.25, -0.2) is 14.3 Å². The van der Waals surface area contributed by atoms with Gasteiger partial charge in [-0.05, 0) is 49.3 Å². The predicted octanol–water partition coefficient (Wildman–Crippen LogP) is 4.28. The van der Waals surface area contributed by atoms with Gasteiger partial charge in [0.25, 0.3) is 0 Å². The lowest BCUT2D eigenvalue weighted by molar-refractivity contribution is -0.161. The minimum Gasteiger partial charge on any atom is -0.468 e. The number of nitrogens with zero attached hydrogens (tertiary/aromatic N) is 3. The van der Waals surface area contributed by atoms with Crippen molar-refractivity contribution in [3.63, 3.8) is 0 Å². The second-order valence-electron chi connectivity index (χ2n) is 10.8. The number of carbonyl (C=O) groups is 3. The Bertz CT molecular complexity index is 1320. The molecular weight excluding hydrogens is 510 g/mol. The molecule has 3 heterocycles. The number of ether oxygens (including phenoxy) is 2. The Hall–Kier alpha value is -3.95. The first-order valence-corrected chi connectivity index (χ1v) is 14.2. The van der Waals surface area contributed by atoms with Crippen LogP contribution in [0.15, 0.2) is 48.7 Å². The molecule has 3 aromatic rings. The smallest absolute Gasteiger partial charge is 0.408 e. The van der Waals surface area contributed by atoms with Gasteiger partial charge < -0.3 is 20.1 Å². The third-order valence-corrected chi connectivity index (χ3v) is 8.13. The molecule has 2 amide bonds. The molecule has 0 radical (unpaired) electrons. The number of hydrogen-bond donors (Lipinski definition) is 2. The van der Waals surface area contributed by atoms with Gasteiger partial charge in [-0.15, -0.1) is 0 Å². The number of aromatic nitrogens is 3. The van der Waals surface area contributed by atoms with Gasteiger partial charge in [0.1, 0.15) is 6.61 Å². The number of rotatable bonds is 8. The van der Waals surface area contributed by atoms with Crippen LogP contribution < -0.4 is 10.6 Å². The van der Waals surface area contributed by atoms with E-state index in [1.807, 2.05) is 42.6 Å². The van der Waals surface area contributed by atoms with Crippen molar-refractivity contribution in [1.29, 1.82) is 0 Å². The second kappa shape index (κ2) is 12.5. The molecule has 2 atom stereocenters. The van der Waals surface area contributed by atoms with Crippen LogP contribution >= 0.6 is 0 Å². The van der Waals surface area contributed by atoms with Crippen LogP contribution in [0.5, 0.6) is 0 Å². The summed E-state index contributed by atoms with van der Waals surface area (Å²) in [6.45, 7) is 0.730. The van der Waals surface area contributed by atoms with Crippen LogP contribution in [-0.2, 0) is 32.1 Å². The van der Waals surface area contributed by atoms with Crippen molar-refractivity contribution in [3.05, 3.63) is 65.6 Å². The molecule has 2 N–H and O–H groups in total. The van der Waals surface area contributed by atoms with Crippen LogP contribution in [0.3, 0.4) is 0 Å². The zero-order chi connectivity index (χ0) is 28.0. The minimum absolute atomic E-state index is 0.130. The molecule has 1 aromatic carbocycles. The first kappa shape index (κ1) is 27.6. The molecule has 1 aliphatic carbocycles. The van der Waals surface area contributed by atoms with Crippen molar-refractivity contribution in [2.45, 2.75) is 70.4 Å². The maximum atomic E-state index is 12.9. The van der Waals surface area contributed by atoms with Crippen LogP contribution in [-0.4, -0.2) is 46.2 Å². The van der Waals surface area contributed by atoms with Gasteiger partial charge in [0, 0.05) is 13.0 Å². The highest BCUT2D eigenvalue weighted by Crippen LogP contribution is 2.35. The third-order valence-electron chi connectivity index (χ3n) is 8.13. The summed E-state index contributed by atoms with van der Waals surface area (Å²) in [7, 11) is 1.30. The number of fused-ring (bicyclic) bond motifs is 1. The lowest BCUT2D eigenvalue weighted by atomic mass is 9.76. The van der Waals surface area contributed by atoms with E-state index in [0.29, 0.717) is 36.4 Å². The Labute approximate surface area is 233 Å². The SMILES string of the molecule is COC(=O)C1(Cc2ccc3nc([C@@H](NC(=O)OCc4ccccc4)C4CCCCCC4)cn3n2)CCCNC1=O. The molecule has 2 aliphatic rings. The van der Waals surface area contributed by atoms with Crippen molar-refractivity contribution in [2.24, 2.45) is 11.3 Å². The van der Waals surface area contributed by atoms with Crippen LogP contribution in [0.25, 0.3) is 5.65 Å². The highest BCUT2D eigenvalue weighted by molar-refractivity contribution is 6.03. The first-order chi connectivity index (χ1) is 19.5. The highest BCUT2D eigenvalue weighted by Gasteiger charge is 2.48. The molecule has 212 valence electrons. The molecule has 0 spiro atoms. The van der Waals surface area contributed by atoms with E-state index in [4.69, 9.17) is 19.6 Å². The number of esters is 1. The molecule has 1 saturated carbocycles. The quantitative estimate of drug-likeness (QED) is 0.245. The van der Waals surface area contributed by atoms with Crippen molar-refractivity contribution in [2.75, 3.05) is 13.7 Å².